The third-order valence-corrected chi connectivity index (χ3v) is 6.22. The summed E-state index contributed by atoms with van der Waals surface area (Å²) in [6.45, 7) is 3.81. The van der Waals surface area contributed by atoms with Gasteiger partial charge in [-0.25, -0.2) is 4.68 Å². The highest BCUT2D eigenvalue weighted by atomic mass is 32.1. The Morgan fingerprint density at radius 3 is 2.86 bits per heavy atom. The molecule has 0 bridgehead atoms. The largest absolute Gasteiger partial charge is 0.350 e. The highest BCUT2D eigenvalue weighted by molar-refractivity contribution is 7.20. The molecule has 3 aromatic rings. The zero-order valence-electron chi connectivity index (χ0n) is 16.0. The summed E-state index contributed by atoms with van der Waals surface area (Å²) in [5, 5.41) is 8.58. The van der Waals surface area contributed by atoms with Gasteiger partial charge in [-0.1, -0.05) is 24.6 Å². The van der Waals surface area contributed by atoms with E-state index in [0.29, 0.717) is 24.4 Å². The number of aromatic nitrogens is 2. The summed E-state index contributed by atoms with van der Waals surface area (Å²) in [6.07, 6.45) is 3.75. The molecule has 2 aromatic heterocycles. The van der Waals surface area contributed by atoms with Gasteiger partial charge in [0.05, 0.1) is 16.3 Å². The molecule has 7 heteroatoms. The van der Waals surface area contributed by atoms with Crippen molar-refractivity contribution in [3.63, 3.8) is 0 Å². The lowest BCUT2D eigenvalue weighted by Gasteiger charge is -2.20. The predicted molar refractivity (Wildman–Crippen MR) is 111 cm³/mol. The fraction of sp³-hybridized carbons (Fsp3) is 0.381. The van der Waals surface area contributed by atoms with E-state index >= 15 is 0 Å². The number of likely N-dealkylation sites (tertiary alicyclic amines) is 1. The van der Waals surface area contributed by atoms with Gasteiger partial charge in [-0.05, 0) is 38.0 Å². The van der Waals surface area contributed by atoms with Crippen LogP contribution in [-0.4, -0.2) is 46.1 Å². The summed E-state index contributed by atoms with van der Waals surface area (Å²) in [6, 6.07) is 11.8. The molecule has 0 spiro atoms. The van der Waals surface area contributed by atoms with Crippen LogP contribution in [0.4, 0.5) is 0 Å². The average Bonchev–Trinajstić information content (AvgIpc) is 3.20. The number of carbonyl (C=O) groups excluding carboxylic acids is 2. The molecule has 0 saturated carbocycles. The number of hydrogen-bond acceptors (Lipinski definition) is 4. The average molecular weight is 397 g/mol. The Labute approximate surface area is 168 Å². The van der Waals surface area contributed by atoms with E-state index in [1.165, 1.54) is 11.3 Å². The summed E-state index contributed by atoms with van der Waals surface area (Å²) in [4.78, 5) is 28.2. The SMILES string of the molecule is Cc1nn(-c2ccccc2)c2sc(C(=O)NCCN3CCCCCC3=O)cc12. The molecule has 0 radical (unpaired) electrons. The molecule has 1 fully saturated rings. The number of fused-ring (bicyclic) bond motifs is 1. The summed E-state index contributed by atoms with van der Waals surface area (Å²) < 4.78 is 1.89. The van der Waals surface area contributed by atoms with Crippen LogP contribution in [0.3, 0.4) is 0 Å². The first kappa shape index (κ1) is 18.7. The Kier molecular flexibility index (Phi) is 5.43. The van der Waals surface area contributed by atoms with Crippen molar-refractivity contribution in [3.8, 4) is 5.69 Å². The Hall–Kier alpha value is -2.67. The predicted octanol–water partition coefficient (Wildman–Crippen LogP) is 3.53. The molecule has 2 amide bonds. The summed E-state index contributed by atoms with van der Waals surface area (Å²) in [5.74, 6) is 0.106. The molecule has 1 aromatic carbocycles. The van der Waals surface area contributed by atoms with Gasteiger partial charge in [0.2, 0.25) is 5.91 Å². The number of para-hydroxylation sites is 1. The molecule has 6 nitrogen and oxygen atoms in total. The maximum absolute atomic E-state index is 12.6. The fourth-order valence-electron chi connectivity index (χ4n) is 3.57. The topological polar surface area (TPSA) is 67.2 Å². The molecule has 0 unspecified atom stereocenters. The van der Waals surface area contributed by atoms with E-state index in [-0.39, 0.29) is 11.8 Å². The van der Waals surface area contributed by atoms with Gasteiger partial charge in [0.15, 0.2) is 0 Å². The van der Waals surface area contributed by atoms with E-state index in [1.807, 2.05) is 52.9 Å². The van der Waals surface area contributed by atoms with Crippen molar-refractivity contribution < 1.29 is 9.59 Å². The molecule has 3 heterocycles. The van der Waals surface area contributed by atoms with Gasteiger partial charge < -0.3 is 10.2 Å². The summed E-state index contributed by atoms with van der Waals surface area (Å²) >= 11 is 1.45. The van der Waals surface area contributed by atoms with Crippen LogP contribution in [0.5, 0.6) is 0 Å². The first-order valence-electron chi connectivity index (χ1n) is 9.74. The smallest absolute Gasteiger partial charge is 0.261 e. The molecular weight excluding hydrogens is 372 g/mol. The van der Waals surface area contributed by atoms with Crippen LogP contribution in [0.25, 0.3) is 15.9 Å². The number of amides is 2. The molecule has 1 saturated heterocycles. The van der Waals surface area contributed by atoms with E-state index in [9.17, 15) is 9.59 Å². The molecule has 1 aliphatic heterocycles. The molecule has 1 aliphatic rings. The third kappa shape index (κ3) is 3.80. The van der Waals surface area contributed by atoms with Crippen LogP contribution >= 0.6 is 11.3 Å². The maximum Gasteiger partial charge on any atom is 0.261 e. The lowest BCUT2D eigenvalue weighted by atomic mass is 10.2. The van der Waals surface area contributed by atoms with Crippen molar-refractivity contribution >= 4 is 33.4 Å². The van der Waals surface area contributed by atoms with Crippen LogP contribution in [0.15, 0.2) is 36.4 Å². The quantitative estimate of drug-likeness (QED) is 0.717. The zero-order valence-corrected chi connectivity index (χ0v) is 16.8. The number of aryl methyl sites for hydroxylation is 1. The van der Waals surface area contributed by atoms with Crippen molar-refractivity contribution in [1.29, 1.82) is 0 Å². The number of benzene rings is 1. The van der Waals surface area contributed by atoms with Crippen LogP contribution in [0.1, 0.15) is 41.0 Å². The third-order valence-electron chi connectivity index (χ3n) is 5.11. The number of nitrogens with zero attached hydrogens (tertiary/aromatic N) is 3. The van der Waals surface area contributed by atoms with Gasteiger partial charge in [0.1, 0.15) is 4.83 Å². The van der Waals surface area contributed by atoms with Crippen molar-refractivity contribution in [1.82, 2.24) is 20.0 Å². The first-order valence-corrected chi connectivity index (χ1v) is 10.6. The zero-order chi connectivity index (χ0) is 19.5. The van der Waals surface area contributed by atoms with Crippen molar-refractivity contribution in [3.05, 3.63) is 47.0 Å². The Morgan fingerprint density at radius 1 is 1.21 bits per heavy atom. The van der Waals surface area contributed by atoms with E-state index in [4.69, 9.17) is 0 Å². The van der Waals surface area contributed by atoms with Crippen molar-refractivity contribution in [2.75, 3.05) is 19.6 Å². The lowest BCUT2D eigenvalue weighted by Crippen LogP contribution is -2.38. The minimum absolute atomic E-state index is 0.0949. The molecule has 1 N–H and O–H groups in total. The fourth-order valence-corrected chi connectivity index (χ4v) is 4.67. The standard InChI is InChI=1S/C21H24N4O2S/c1-15-17-14-18(28-21(17)25(23-15)16-8-4-2-5-9-16)20(27)22-11-13-24-12-7-3-6-10-19(24)26/h2,4-5,8-9,14H,3,6-7,10-13H2,1H3,(H,22,27). The molecular formula is C21H24N4O2S. The Morgan fingerprint density at radius 2 is 2.04 bits per heavy atom. The highest BCUT2D eigenvalue weighted by Gasteiger charge is 2.19. The number of carbonyl (C=O) groups is 2. The van der Waals surface area contributed by atoms with Crippen molar-refractivity contribution in [2.24, 2.45) is 0 Å². The van der Waals surface area contributed by atoms with Gasteiger partial charge in [-0.2, -0.15) is 5.10 Å². The van der Waals surface area contributed by atoms with Gasteiger partial charge in [0.25, 0.3) is 5.91 Å². The monoisotopic (exact) mass is 396 g/mol. The van der Waals surface area contributed by atoms with Crippen LogP contribution in [0, 0.1) is 6.92 Å². The van der Waals surface area contributed by atoms with E-state index < -0.39 is 0 Å². The minimum Gasteiger partial charge on any atom is -0.350 e. The lowest BCUT2D eigenvalue weighted by molar-refractivity contribution is -0.130. The van der Waals surface area contributed by atoms with E-state index in [2.05, 4.69) is 10.4 Å². The number of hydrogen-bond donors (Lipinski definition) is 1. The summed E-state index contributed by atoms with van der Waals surface area (Å²) in [5.41, 5.74) is 1.89. The second-order valence-corrected chi connectivity index (χ2v) is 8.14. The first-order chi connectivity index (χ1) is 13.6. The second-order valence-electron chi connectivity index (χ2n) is 7.11. The van der Waals surface area contributed by atoms with Gasteiger partial charge in [-0.3, -0.25) is 9.59 Å². The molecule has 0 aliphatic carbocycles. The van der Waals surface area contributed by atoms with Crippen LogP contribution < -0.4 is 5.32 Å². The van der Waals surface area contributed by atoms with Crippen LogP contribution in [0.2, 0.25) is 0 Å². The highest BCUT2D eigenvalue weighted by Crippen LogP contribution is 2.30. The molecule has 28 heavy (non-hydrogen) atoms. The molecule has 0 atom stereocenters. The van der Waals surface area contributed by atoms with Gasteiger partial charge in [-0.15, -0.1) is 11.3 Å². The van der Waals surface area contributed by atoms with Gasteiger partial charge >= 0.3 is 0 Å². The number of rotatable bonds is 5. The maximum atomic E-state index is 12.6. The summed E-state index contributed by atoms with van der Waals surface area (Å²) in [7, 11) is 0. The van der Waals surface area contributed by atoms with E-state index in [0.717, 1.165) is 47.4 Å². The second kappa shape index (κ2) is 8.14. The normalized spacial score (nSPS) is 15.0. The number of thiophene rings is 1. The van der Waals surface area contributed by atoms with Crippen LogP contribution in [-0.2, 0) is 4.79 Å². The number of nitrogens with one attached hydrogen (secondary N) is 1. The van der Waals surface area contributed by atoms with E-state index in [1.54, 1.807) is 0 Å². The van der Waals surface area contributed by atoms with Crippen molar-refractivity contribution in [2.45, 2.75) is 32.6 Å². The minimum atomic E-state index is -0.0949. The Balaban J connectivity index is 1.45. The molecule has 4 rings (SSSR count). The Bertz CT molecular complexity index is 993. The van der Waals surface area contributed by atoms with Gasteiger partial charge in [0, 0.05) is 31.4 Å². The molecule has 146 valence electrons.